The van der Waals surface area contributed by atoms with Gasteiger partial charge >= 0.3 is 5.97 Å². The molecule has 4 atom stereocenters. The van der Waals surface area contributed by atoms with E-state index in [1.54, 1.807) is 4.90 Å². The number of hydrogen-bond acceptors (Lipinski definition) is 5. The van der Waals surface area contributed by atoms with Crippen LogP contribution in [0.2, 0.25) is 0 Å². The number of fused-ring (bicyclic) bond motifs is 1. The molecule has 2 aliphatic heterocycles. The Morgan fingerprint density at radius 2 is 1.67 bits per heavy atom. The molecule has 2 amide bonds. The van der Waals surface area contributed by atoms with Crippen molar-refractivity contribution < 1.29 is 19.5 Å². The Hall–Kier alpha value is -2.75. The molecule has 2 heterocycles. The van der Waals surface area contributed by atoms with Gasteiger partial charge in [-0.05, 0) is 35.4 Å². The van der Waals surface area contributed by atoms with E-state index in [9.17, 15) is 19.5 Å². The van der Waals surface area contributed by atoms with Gasteiger partial charge in [-0.15, -0.1) is 23.5 Å². The first-order chi connectivity index (χ1) is 17.4. The highest BCUT2D eigenvalue weighted by molar-refractivity contribution is 9.10. The number of hydrogen-bond donors (Lipinski definition) is 2. The number of amides is 2. The van der Waals surface area contributed by atoms with Gasteiger partial charge in [-0.25, -0.2) is 0 Å². The number of β-lactam (4-membered cyclic amide) rings is 1. The molecule has 5 rings (SSSR count). The van der Waals surface area contributed by atoms with Crippen molar-refractivity contribution >= 4 is 57.2 Å². The number of nitrogens with zero attached hydrogens (tertiary/aromatic N) is 1. The van der Waals surface area contributed by atoms with E-state index < -0.39 is 22.0 Å². The van der Waals surface area contributed by atoms with Crippen LogP contribution in [0.4, 0.5) is 0 Å². The number of aliphatic carboxylic acids is 1. The third-order valence-corrected chi connectivity index (χ3v) is 10.2. The molecule has 0 aromatic heterocycles. The van der Waals surface area contributed by atoms with E-state index in [4.69, 9.17) is 0 Å². The lowest BCUT2D eigenvalue weighted by atomic mass is 9.93. The minimum atomic E-state index is -1.30. The summed E-state index contributed by atoms with van der Waals surface area (Å²) in [4.78, 5) is 41.1. The van der Waals surface area contributed by atoms with E-state index in [-0.39, 0.29) is 30.2 Å². The van der Waals surface area contributed by atoms with Crippen LogP contribution in [0.1, 0.15) is 16.4 Å². The SMILES string of the molecule is O=C(Cc1ccccc1)N[C@@H]1C(=O)N2CC(Sc3ccc(Br)cc3)(C(=O)O)C(c3ccccc3)S[C@H]12. The van der Waals surface area contributed by atoms with Gasteiger partial charge in [0.25, 0.3) is 0 Å². The van der Waals surface area contributed by atoms with Crippen LogP contribution < -0.4 is 5.32 Å². The molecule has 2 aliphatic rings. The van der Waals surface area contributed by atoms with Gasteiger partial charge in [0.05, 0.1) is 11.7 Å². The van der Waals surface area contributed by atoms with Crippen LogP contribution in [0.3, 0.4) is 0 Å². The summed E-state index contributed by atoms with van der Waals surface area (Å²) < 4.78 is -0.397. The monoisotopic (exact) mass is 582 g/mol. The number of carboxylic acid groups (broad SMARTS) is 1. The Morgan fingerprint density at radius 1 is 1.03 bits per heavy atom. The number of carbonyl (C=O) groups is 3. The van der Waals surface area contributed by atoms with Crippen LogP contribution in [0, 0.1) is 0 Å². The van der Waals surface area contributed by atoms with Gasteiger partial charge in [-0.3, -0.25) is 14.4 Å². The third-order valence-electron chi connectivity index (χ3n) is 6.35. The van der Waals surface area contributed by atoms with Gasteiger partial charge in [0.2, 0.25) is 11.8 Å². The number of nitrogens with one attached hydrogen (secondary N) is 1. The van der Waals surface area contributed by atoms with Gasteiger partial charge in [0.15, 0.2) is 4.75 Å². The van der Waals surface area contributed by atoms with E-state index in [0.29, 0.717) is 0 Å². The second-order valence-electron chi connectivity index (χ2n) is 8.74. The minimum Gasteiger partial charge on any atom is -0.480 e. The predicted octanol–water partition coefficient (Wildman–Crippen LogP) is 4.75. The highest BCUT2D eigenvalue weighted by atomic mass is 79.9. The second-order valence-corrected chi connectivity index (χ2v) is 12.3. The summed E-state index contributed by atoms with van der Waals surface area (Å²) in [6.45, 7) is 0.0458. The molecular weight excluding hydrogens is 560 g/mol. The van der Waals surface area contributed by atoms with E-state index in [0.717, 1.165) is 20.5 Å². The Balaban J connectivity index is 1.42. The number of carbonyl (C=O) groups excluding carboxylic acids is 2. The Kier molecular flexibility index (Phi) is 7.14. The van der Waals surface area contributed by atoms with E-state index >= 15 is 0 Å². The first-order valence-electron chi connectivity index (χ1n) is 11.4. The topological polar surface area (TPSA) is 86.7 Å². The number of halogens is 1. The van der Waals surface area contributed by atoms with Gasteiger partial charge in [0.1, 0.15) is 11.4 Å². The molecule has 3 aromatic carbocycles. The summed E-state index contributed by atoms with van der Waals surface area (Å²) >= 11 is 6.13. The zero-order valence-electron chi connectivity index (χ0n) is 19.0. The zero-order valence-corrected chi connectivity index (χ0v) is 22.3. The van der Waals surface area contributed by atoms with Crippen molar-refractivity contribution in [2.24, 2.45) is 0 Å². The molecule has 9 heteroatoms. The van der Waals surface area contributed by atoms with Crippen LogP contribution >= 0.6 is 39.5 Å². The summed E-state index contributed by atoms with van der Waals surface area (Å²) in [7, 11) is 0. The molecule has 6 nitrogen and oxygen atoms in total. The Labute approximate surface area is 226 Å². The molecule has 2 fully saturated rings. The van der Waals surface area contributed by atoms with E-state index in [1.165, 1.54) is 23.5 Å². The minimum absolute atomic E-state index is 0.0458. The van der Waals surface area contributed by atoms with Crippen molar-refractivity contribution in [2.45, 2.75) is 32.7 Å². The third kappa shape index (κ3) is 4.79. The zero-order chi connectivity index (χ0) is 25.3. The molecule has 0 radical (unpaired) electrons. The fraction of sp³-hybridized carbons (Fsp3) is 0.222. The quantitative estimate of drug-likeness (QED) is 0.391. The Bertz CT molecular complexity index is 1280. The maximum absolute atomic E-state index is 13.1. The number of benzene rings is 3. The standard InChI is InChI=1S/C27H23BrN2O4S2/c28-19-11-13-20(14-12-19)36-27(26(33)34)16-30-24(32)22(29-21(31)15-17-7-3-1-4-8-17)25(30)35-23(27)18-9-5-2-6-10-18/h1-14,22-23,25H,15-16H2,(H,29,31)(H,33,34)/t22-,23?,25-,27?/m1/s1. The lowest BCUT2D eigenvalue weighted by Gasteiger charge is -2.56. The molecule has 36 heavy (non-hydrogen) atoms. The fourth-order valence-electron chi connectivity index (χ4n) is 4.57. The first-order valence-corrected chi connectivity index (χ1v) is 13.9. The molecule has 3 aromatic rings. The molecule has 2 saturated heterocycles. The number of thioether (sulfide) groups is 2. The average molecular weight is 584 g/mol. The first kappa shape index (κ1) is 24.9. The summed E-state index contributed by atoms with van der Waals surface area (Å²) in [5, 5.41) is 12.7. The van der Waals surface area contributed by atoms with Gasteiger partial charge in [0, 0.05) is 15.9 Å². The number of carboxylic acids is 1. The van der Waals surface area contributed by atoms with Crippen molar-refractivity contribution in [1.29, 1.82) is 0 Å². The fourth-order valence-corrected chi connectivity index (χ4v) is 8.02. The highest BCUT2D eigenvalue weighted by Gasteiger charge is 2.62. The molecule has 2 unspecified atom stereocenters. The van der Waals surface area contributed by atoms with Crippen molar-refractivity contribution in [1.82, 2.24) is 10.2 Å². The van der Waals surface area contributed by atoms with Crippen molar-refractivity contribution in [3.05, 3.63) is 101 Å². The van der Waals surface area contributed by atoms with Gasteiger partial charge in [-0.1, -0.05) is 76.6 Å². The predicted molar refractivity (Wildman–Crippen MR) is 145 cm³/mol. The molecule has 0 bridgehead atoms. The van der Waals surface area contributed by atoms with Gasteiger partial charge < -0.3 is 15.3 Å². The van der Waals surface area contributed by atoms with Gasteiger partial charge in [-0.2, -0.15) is 0 Å². The van der Waals surface area contributed by atoms with Crippen molar-refractivity contribution in [3.8, 4) is 0 Å². The van der Waals surface area contributed by atoms with E-state index in [2.05, 4.69) is 21.2 Å². The van der Waals surface area contributed by atoms with Crippen molar-refractivity contribution in [3.63, 3.8) is 0 Å². The molecular formula is C27H23BrN2O4S2. The van der Waals surface area contributed by atoms with Crippen LogP contribution in [0.15, 0.2) is 94.3 Å². The summed E-state index contributed by atoms with van der Waals surface area (Å²) in [6.07, 6.45) is 0.183. The maximum atomic E-state index is 13.1. The van der Waals surface area contributed by atoms with E-state index in [1.807, 2.05) is 84.9 Å². The molecule has 2 N–H and O–H groups in total. The summed E-state index contributed by atoms with van der Waals surface area (Å²) in [6, 6.07) is 25.7. The van der Waals surface area contributed by atoms with Crippen LogP contribution in [0.5, 0.6) is 0 Å². The lowest BCUT2D eigenvalue weighted by Crippen LogP contribution is -2.74. The summed E-state index contributed by atoms with van der Waals surface area (Å²) in [5.74, 6) is -1.45. The second kappa shape index (κ2) is 10.3. The molecule has 0 saturated carbocycles. The Morgan fingerprint density at radius 3 is 2.31 bits per heavy atom. The molecule has 0 spiro atoms. The smallest absolute Gasteiger partial charge is 0.323 e. The summed E-state index contributed by atoms with van der Waals surface area (Å²) in [5.41, 5.74) is 1.75. The molecule has 0 aliphatic carbocycles. The average Bonchev–Trinajstić information content (AvgIpc) is 2.89. The number of rotatable bonds is 7. The van der Waals surface area contributed by atoms with Crippen molar-refractivity contribution in [2.75, 3.05) is 6.54 Å². The largest absolute Gasteiger partial charge is 0.480 e. The normalized spacial score (nSPS) is 25.0. The maximum Gasteiger partial charge on any atom is 0.323 e. The highest BCUT2D eigenvalue weighted by Crippen LogP contribution is 2.57. The van der Waals surface area contributed by atoms with Crippen LogP contribution in [-0.4, -0.2) is 50.5 Å². The van der Waals surface area contributed by atoms with Crippen LogP contribution in [0.25, 0.3) is 0 Å². The van der Waals surface area contributed by atoms with Crippen LogP contribution in [-0.2, 0) is 20.8 Å². The molecule has 184 valence electrons. The lowest BCUT2D eigenvalue weighted by molar-refractivity contribution is -0.152.